The molecule has 2 heterocycles. The van der Waals surface area contributed by atoms with E-state index in [-0.39, 0.29) is 34.7 Å². The summed E-state index contributed by atoms with van der Waals surface area (Å²) in [5.41, 5.74) is -1.67. The first-order valence-corrected chi connectivity index (χ1v) is 10.9. The number of esters is 1. The summed E-state index contributed by atoms with van der Waals surface area (Å²) in [6, 6.07) is 8.26. The fourth-order valence-electron chi connectivity index (χ4n) is 4.83. The molecule has 3 aliphatic rings. The van der Waals surface area contributed by atoms with E-state index in [1.165, 1.54) is 19.1 Å². The van der Waals surface area contributed by atoms with Crippen LogP contribution < -0.4 is 4.90 Å². The van der Waals surface area contributed by atoms with Crippen LogP contribution >= 0.6 is 0 Å². The van der Waals surface area contributed by atoms with Gasteiger partial charge in [-0.05, 0) is 25.1 Å². The Morgan fingerprint density at radius 3 is 2.39 bits per heavy atom. The Labute approximate surface area is 201 Å². The maximum atomic E-state index is 13.5. The monoisotopic (exact) mass is 498 g/mol. The molecular formula is C25H17F3N2O6. The molecule has 5 rings (SSSR count). The third kappa shape index (κ3) is 3.34. The number of aliphatic imine (C=N–C) groups is 1. The highest BCUT2D eigenvalue weighted by molar-refractivity contribution is 6.42. The molecule has 3 atom stereocenters. The van der Waals surface area contributed by atoms with Crippen LogP contribution in [0.4, 0.5) is 18.9 Å². The number of rotatable bonds is 4. The molecule has 36 heavy (non-hydrogen) atoms. The number of nitrogens with zero attached hydrogens (tertiary/aromatic N) is 2. The number of hydrogen-bond acceptors (Lipinski definition) is 7. The number of halogens is 3. The SMILES string of the molecule is CCOC(=O)[C@H]1N=C(C2=C(O)c3ccccc3C2=O)[C@@H]2C(=O)N(c3cccc(C(F)(F)F)c3)C(=O)[C@H]21. The molecule has 0 spiro atoms. The smallest absolute Gasteiger partial charge is 0.416 e. The van der Waals surface area contributed by atoms with Crippen molar-refractivity contribution in [1.29, 1.82) is 0 Å². The average molecular weight is 498 g/mol. The second-order valence-electron chi connectivity index (χ2n) is 8.37. The van der Waals surface area contributed by atoms with Gasteiger partial charge in [-0.25, -0.2) is 9.69 Å². The van der Waals surface area contributed by atoms with Gasteiger partial charge in [0.1, 0.15) is 5.76 Å². The van der Waals surface area contributed by atoms with Crippen LogP contribution in [0.2, 0.25) is 0 Å². The molecule has 0 saturated carbocycles. The van der Waals surface area contributed by atoms with Crippen LogP contribution in [0, 0.1) is 11.8 Å². The molecule has 1 saturated heterocycles. The zero-order valence-corrected chi connectivity index (χ0v) is 18.6. The van der Waals surface area contributed by atoms with Crippen LogP contribution in [0.3, 0.4) is 0 Å². The third-order valence-electron chi connectivity index (χ3n) is 6.37. The number of fused-ring (bicyclic) bond motifs is 2. The topological polar surface area (TPSA) is 113 Å². The number of anilines is 1. The standard InChI is InChI=1S/C25H17F3N2O6/c1-2-36-24(35)19-16-15(18(29-19)17-20(31)13-8-3-4-9-14(13)21(17)32)22(33)30(23(16)34)12-7-5-6-11(10-12)25(26,27)28/h3-10,15-16,19,31H,2H2,1H3/t15-,16-,19+/m1/s1. The summed E-state index contributed by atoms with van der Waals surface area (Å²) in [5.74, 6) is -6.88. The molecule has 184 valence electrons. The van der Waals surface area contributed by atoms with Crippen molar-refractivity contribution in [2.45, 2.75) is 19.1 Å². The number of carbonyl (C=O) groups is 4. The molecule has 2 amide bonds. The lowest BCUT2D eigenvalue weighted by Gasteiger charge is -2.19. The number of allylic oxidation sites excluding steroid dienone is 1. The second-order valence-corrected chi connectivity index (χ2v) is 8.37. The van der Waals surface area contributed by atoms with E-state index < -0.39 is 58.9 Å². The van der Waals surface area contributed by atoms with Crippen molar-refractivity contribution in [2.24, 2.45) is 16.8 Å². The van der Waals surface area contributed by atoms with Crippen molar-refractivity contribution in [2.75, 3.05) is 11.5 Å². The Hall–Kier alpha value is -4.28. The quantitative estimate of drug-likeness (QED) is 0.511. The Kier molecular flexibility index (Phi) is 5.31. The van der Waals surface area contributed by atoms with Crippen molar-refractivity contribution in [3.8, 4) is 0 Å². The van der Waals surface area contributed by atoms with E-state index >= 15 is 0 Å². The molecular weight excluding hydrogens is 481 g/mol. The molecule has 2 aromatic carbocycles. The maximum Gasteiger partial charge on any atom is 0.416 e. The number of imide groups is 1. The van der Waals surface area contributed by atoms with Crippen LogP contribution in [-0.2, 0) is 25.3 Å². The summed E-state index contributed by atoms with van der Waals surface area (Å²) < 4.78 is 44.8. The molecule has 0 bridgehead atoms. The van der Waals surface area contributed by atoms with Gasteiger partial charge in [0.2, 0.25) is 11.8 Å². The summed E-state index contributed by atoms with van der Waals surface area (Å²) in [6.45, 7) is 1.46. The van der Waals surface area contributed by atoms with Gasteiger partial charge in [0.05, 0.1) is 41.0 Å². The molecule has 0 aromatic heterocycles. The van der Waals surface area contributed by atoms with E-state index in [1.54, 1.807) is 12.1 Å². The van der Waals surface area contributed by atoms with E-state index in [2.05, 4.69) is 4.99 Å². The number of benzene rings is 2. The lowest BCUT2D eigenvalue weighted by atomic mass is 9.85. The fraction of sp³-hybridized carbons (Fsp3) is 0.240. The Bertz CT molecular complexity index is 1410. The minimum absolute atomic E-state index is 0.0601. The van der Waals surface area contributed by atoms with E-state index in [9.17, 15) is 37.5 Å². The van der Waals surface area contributed by atoms with Gasteiger partial charge in [0.25, 0.3) is 0 Å². The number of alkyl halides is 3. The van der Waals surface area contributed by atoms with E-state index in [0.29, 0.717) is 11.0 Å². The number of carbonyl (C=O) groups excluding carboxylic acids is 4. The lowest BCUT2D eigenvalue weighted by molar-refractivity contribution is -0.147. The predicted octanol–water partition coefficient (Wildman–Crippen LogP) is 3.36. The molecule has 1 fully saturated rings. The number of ketones is 1. The van der Waals surface area contributed by atoms with Crippen molar-refractivity contribution >= 4 is 40.7 Å². The van der Waals surface area contributed by atoms with Gasteiger partial charge in [-0.1, -0.05) is 30.3 Å². The van der Waals surface area contributed by atoms with Gasteiger partial charge >= 0.3 is 12.1 Å². The number of hydrogen-bond donors (Lipinski definition) is 1. The van der Waals surface area contributed by atoms with Gasteiger partial charge in [-0.3, -0.25) is 19.4 Å². The largest absolute Gasteiger partial charge is 0.506 e. The first kappa shape index (κ1) is 23.5. The van der Waals surface area contributed by atoms with Crippen molar-refractivity contribution in [1.82, 2.24) is 0 Å². The number of ether oxygens (including phenoxy) is 1. The summed E-state index contributed by atoms with van der Waals surface area (Å²) in [5, 5.41) is 10.8. The Morgan fingerprint density at radius 1 is 1.06 bits per heavy atom. The Morgan fingerprint density at radius 2 is 1.75 bits per heavy atom. The number of aliphatic hydroxyl groups excluding tert-OH is 1. The summed E-state index contributed by atoms with van der Waals surface area (Å²) in [4.78, 5) is 57.5. The minimum atomic E-state index is -4.73. The first-order chi connectivity index (χ1) is 17.1. The van der Waals surface area contributed by atoms with Crippen LogP contribution in [0.1, 0.15) is 28.4 Å². The van der Waals surface area contributed by atoms with Crippen LogP contribution in [0.5, 0.6) is 0 Å². The summed E-state index contributed by atoms with van der Waals surface area (Å²) in [7, 11) is 0. The van der Waals surface area contributed by atoms with Crippen LogP contribution in [0.25, 0.3) is 5.76 Å². The van der Waals surface area contributed by atoms with E-state index in [1.807, 2.05) is 0 Å². The number of aliphatic hydroxyl groups is 1. The van der Waals surface area contributed by atoms with Gasteiger partial charge < -0.3 is 9.84 Å². The van der Waals surface area contributed by atoms with E-state index in [4.69, 9.17) is 4.74 Å². The molecule has 2 aliphatic heterocycles. The molecule has 2 aromatic rings. The molecule has 1 N–H and O–H groups in total. The van der Waals surface area contributed by atoms with Gasteiger partial charge in [0, 0.05) is 11.1 Å². The molecule has 8 nitrogen and oxygen atoms in total. The van der Waals surface area contributed by atoms with Crippen molar-refractivity contribution in [3.05, 3.63) is 70.8 Å². The molecule has 11 heteroatoms. The maximum absolute atomic E-state index is 13.5. The average Bonchev–Trinajstić information content (AvgIpc) is 3.43. The zero-order valence-electron chi connectivity index (χ0n) is 18.6. The van der Waals surface area contributed by atoms with Crippen molar-refractivity contribution < 1.29 is 42.2 Å². The summed E-state index contributed by atoms with van der Waals surface area (Å²) >= 11 is 0. The highest BCUT2D eigenvalue weighted by atomic mass is 19.4. The van der Waals surface area contributed by atoms with Crippen LogP contribution in [-0.4, -0.2) is 47.0 Å². The van der Waals surface area contributed by atoms with Gasteiger partial charge in [-0.15, -0.1) is 0 Å². The fourth-order valence-corrected chi connectivity index (χ4v) is 4.83. The molecule has 0 unspecified atom stereocenters. The zero-order chi connectivity index (χ0) is 25.9. The molecule has 0 radical (unpaired) electrons. The third-order valence-corrected chi connectivity index (χ3v) is 6.37. The highest BCUT2D eigenvalue weighted by Gasteiger charge is 2.61. The number of amides is 2. The van der Waals surface area contributed by atoms with Gasteiger partial charge in [-0.2, -0.15) is 13.2 Å². The second kappa shape index (κ2) is 8.14. The lowest BCUT2D eigenvalue weighted by Crippen LogP contribution is -2.36. The number of Topliss-reactive ketones (excluding diaryl/α,β-unsaturated/α-hetero) is 1. The van der Waals surface area contributed by atoms with Crippen LogP contribution in [0.15, 0.2) is 59.1 Å². The first-order valence-electron chi connectivity index (χ1n) is 10.9. The highest BCUT2D eigenvalue weighted by Crippen LogP contribution is 2.45. The minimum Gasteiger partial charge on any atom is -0.506 e. The predicted molar refractivity (Wildman–Crippen MR) is 119 cm³/mol. The van der Waals surface area contributed by atoms with E-state index in [0.717, 1.165) is 18.2 Å². The summed E-state index contributed by atoms with van der Waals surface area (Å²) in [6.07, 6.45) is -4.73. The normalized spacial score (nSPS) is 23.2. The van der Waals surface area contributed by atoms with Crippen molar-refractivity contribution in [3.63, 3.8) is 0 Å². The van der Waals surface area contributed by atoms with Gasteiger partial charge in [0.15, 0.2) is 11.8 Å². The molecule has 1 aliphatic carbocycles. The Balaban J connectivity index is 1.62.